The molecule has 0 saturated heterocycles. The van der Waals surface area contributed by atoms with Crippen molar-refractivity contribution in [3.63, 3.8) is 0 Å². The zero-order valence-corrected chi connectivity index (χ0v) is 11.2. The first-order valence-electron chi connectivity index (χ1n) is 7.07. The van der Waals surface area contributed by atoms with Crippen LogP contribution >= 0.6 is 0 Å². The van der Waals surface area contributed by atoms with Crippen molar-refractivity contribution in [2.24, 2.45) is 0 Å². The van der Waals surface area contributed by atoms with E-state index in [0.717, 1.165) is 19.3 Å². The van der Waals surface area contributed by atoms with E-state index in [1.165, 1.54) is 38.5 Å². The van der Waals surface area contributed by atoms with Crippen LogP contribution in [0.4, 0.5) is 0 Å². The summed E-state index contributed by atoms with van der Waals surface area (Å²) in [7, 11) is 0. The van der Waals surface area contributed by atoms with Gasteiger partial charge < -0.3 is 10.2 Å². The third-order valence-electron chi connectivity index (χ3n) is 3.08. The molecule has 0 spiro atoms. The van der Waals surface area contributed by atoms with Gasteiger partial charge in [-0.2, -0.15) is 0 Å². The number of hydrogen-bond acceptors (Lipinski definition) is 2. The smallest absolute Gasteiger partial charge is 0.162 e. The van der Waals surface area contributed by atoms with Crippen LogP contribution in [0.15, 0.2) is 0 Å². The number of aliphatic hydroxyl groups is 2. The van der Waals surface area contributed by atoms with Crippen LogP contribution < -0.4 is 0 Å². The van der Waals surface area contributed by atoms with E-state index < -0.39 is 5.79 Å². The highest BCUT2D eigenvalue weighted by molar-refractivity contribution is 4.63. The Morgan fingerprint density at radius 3 is 1.62 bits per heavy atom. The van der Waals surface area contributed by atoms with Crippen molar-refractivity contribution in [1.29, 1.82) is 0 Å². The Hall–Kier alpha value is -0.0800. The Labute approximate surface area is 101 Å². The highest BCUT2D eigenvalue weighted by atomic mass is 16.5. The van der Waals surface area contributed by atoms with E-state index in [0.29, 0.717) is 12.8 Å². The highest BCUT2D eigenvalue weighted by Gasteiger charge is 2.20. The van der Waals surface area contributed by atoms with E-state index in [4.69, 9.17) is 0 Å². The van der Waals surface area contributed by atoms with Crippen LogP contribution in [0.3, 0.4) is 0 Å². The van der Waals surface area contributed by atoms with Crippen LogP contribution in [-0.4, -0.2) is 16.0 Å². The maximum atomic E-state index is 9.54. The van der Waals surface area contributed by atoms with Crippen LogP contribution in [0.2, 0.25) is 0 Å². The predicted molar refractivity (Wildman–Crippen MR) is 69.3 cm³/mol. The number of unbranched alkanes of at least 4 members (excludes halogenated alkanes) is 7. The third kappa shape index (κ3) is 10.4. The first-order chi connectivity index (χ1) is 7.62. The molecule has 2 nitrogen and oxygen atoms in total. The molecule has 0 saturated carbocycles. The zero-order chi connectivity index (χ0) is 12.3. The van der Waals surface area contributed by atoms with Gasteiger partial charge in [-0.1, -0.05) is 65.2 Å². The summed E-state index contributed by atoms with van der Waals surface area (Å²) in [5.74, 6) is -1.41. The van der Waals surface area contributed by atoms with Gasteiger partial charge in [0.1, 0.15) is 0 Å². The average molecular weight is 230 g/mol. The van der Waals surface area contributed by atoms with Crippen molar-refractivity contribution < 1.29 is 10.2 Å². The first-order valence-corrected chi connectivity index (χ1v) is 7.07. The molecule has 0 aromatic carbocycles. The molecule has 0 amide bonds. The van der Waals surface area contributed by atoms with Crippen molar-refractivity contribution in [2.45, 2.75) is 90.3 Å². The Morgan fingerprint density at radius 1 is 0.625 bits per heavy atom. The Bertz CT molecular complexity index is 144. The summed E-state index contributed by atoms with van der Waals surface area (Å²) < 4.78 is 0. The second-order valence-corrected chi connectivity index (χ2v) is 4.96. The fourth-order valence-electron chi connectivity index (χ4n) is 2.07. The predicted octanol–water partition coefficient (Wildman–Crippen LogP) is 4.00. The van der Waals surface area contributed by atoms with Crippen molar-refractivity contribution in [1.82, 2.24) is 0 Å². The van der Waals surface area contributed by atoms with E-state index in [2.05, 4.69) is 6.92 Å². The standard InChI is InChI=1S/C14H30O2/c1-3-5-6-7-8-9-10-11-13-14(15,16)12-4-2/h15-16H,3-13H2,1-2H3. The minimum absolute atomic E-state index is 0.503. The summed E-state index contributed by atoms with van der Waals surface area (Å²) in [6, 6.07) is 0. The summed E-state index contributed by atoms with van der Waals surface area (Å²) in [5, 5.41) is 19.1. The zero-order valence-electron chi connectivity index (χ0n) is 11.2. The van der Waals surface area contributed by atoms with Crippen LogP contribution in [0, 0.1) is 0 Å². The molecule has 0 heterocycles. The van der Waals surface area contributed by atoms with Crippen LogP contribution in [-0.2, 0) is 0 Å². The van der Waals surface area contributed by atoms with Gasteiger partial charge in [-0.25, -0.2) is 0 Å². The van der Waals surface area contributed by atoms with Gasteiger partial charge in [0.15, 0.2) is 5.79 Å². The average Bonchev–Trinajstić information content (AvgIpc) is 2.22. The molecule has 0 bridgehead atoms. The van der Waals surface area contributed by atoms with Crippen molar-refractivity contribution in [3.05, 3.63) is 0 Å². The van der Waals surface area contributed by atoms with E-state index in [1.54, 1.807) is 0 Å². The summed E-state index contributed by atoms with van der Waals surface area (Å²) in [4.78, 5) is 0. The van der Waals surface area contributed by atoms with Crippen molar-refractivity contribution >= 4 is 0 Å². The summed E-state index contributed by atoms with van der Waals surface area (Å²) >= 11 is 0. The molecule has 0 atom stereocenters. The largest absolute Gasteiger partial charge is 0.366 e. The van der Waals surface area contributed by atoms with Crippen molar-refractivity contribution in [3.8, 4) is 0 Å². The maximum Gasteiger partial charge on any atom is 0.162 e. The van der Waals surface area contributed by atoms with Crippen molar-refractivity contribution in [2.75, 3.05) is 0 Å². The maximum absolute atomic E-state index is 9.54. The Morgan fingerprint density at radius 2 is 1.12 bits per heavy atom. The second-order valence-electron chi connectivity index (χ2n) is 4.96. The normalized spacial score (nSPS) is 12.0. The topological polar surface area (TPSA) is 40.5 Å². The van der Waals surface area contributed by atoms with E-state index >= 15 is 0 Å². The molecule has 0 unspecified atom stereocenters. The van der Waals surface area contributed by atoms with Crippen LogP contribution in [0.1, 0.15) is 84.5 Å². The fourth-order valence-corrected chi connectivity index (χ4v) is 2.07. The molecule has 0 aliphatic carbocycles. The quantitative estimate of drug-likeness (QED) is 0.416. The molecule has 0 rings (SSSR count). The molecule has 0 aliphatic rings. The Balaban J connectivity index is 3.20. The van der Waals surface area contributed by atoms with Crippen LogP contribution in [0.25, 0.3) is 0 Å². The molecule has 98 valence electrons. The lowest BCUT2D eigenvalue weighted by Gasteiger charge is -2.20. The molecular weight excluding hydrogens is 200 g/mol. The van der Waals surface area contributed by atoms with Gasteiger partial charge >= 0.3 is 0 Å². The van der Waals surface area contributed by atoms with Gasteiger partial charge in [-0.05, 0) is 6.42 Å². The van der Waals surface area contributed by atoms with Gasteiger partial charge in [0.2, 0.25) is 0 Å². The van der Waals surface area contributed by atoms with Gasteiger partial charge in [0, 0.05) is 12.8 Å². The molecule has 0 aliphatic heterocycles. The lowest BCUT2D eigenvalue weighted by atomic mass is 10.0. The molecule has 0 aromatic heterocycles. The summed E-state index contributed by atoms with van der Waals surface area (Å²) in [6.07, 6.45) is 11.9. The van der Waals surface area contributed by atoms with Gasteiger partial charge in [-0.3, -0.25) is 0 Å². The summed E-state index contributed by atoms with van der Waals surface area (Å²) in [6.45, 7) is 4.21. The number of hydrogen-bond donors (Lipinski definition) is 2. The van der Waals surface area contributed by atoms with E-state index in [9.17, 15) is 10.2 Å². The third-order valence-corrected chi connectivity index (χ3v) is 3.08. The summed E-state index contributed by atoms with van der Waals surface area (Å²) in [5.41, 5.74) is 0. The minimum atomic E-state index is -1.41. The fraction of sp³-hybridized carbons (Fsp3) is 1.00. The SMILES string of the molecule is CCCCCCCCCCC(O)(O)CCC. The monoisotopic (exact) mass is 230 g/mol. The van der Waals surface area contributed by atoms with Gasteiger partial charge in [0.05, 0.1) is 0 Å². The first kappa shape index (κ1) is 15.9. The minimum Gasteiger partial charge on any atom is -0.366 e. The number of rotatable bonds is 11. The molecule has 0 fully saturated rings. The highest BCUT2D eigenvalue weighted by Crippen LogP contribution is 2.18. The Kier molecular flexibility index (Phi) is 10.0. The molecule has 0 radical (unpaired) electrons. The van der Waals surface area contributed by atoms with E-state index in [1.807, 2.05) is 6.92 Å². The van der Waals surface area contributed by atoms with Crippen LogP contribution in [0.5, 0.6) is 0 Å². The lowest BCUT2D eigenvalue weighted by Crippen LogP contribution is -2.27. The molecule has 16 heavy (non-hydrogen) atoms. The molecule has 0 aromatic rings. The van der Waals surface area contributed by atoms with E-state index in [-0.39, 0.29) is 0 Å². The van der Waals surface area contributed by atoms with Gasteiger partial charge in [0.25, 0.3) is 0 Å². The molecule has 2 heteroatoms. The molecular formula is C14H30O2. The lowest BCUT2D eigenvalue weighted by molar-refractivity contribution is -0.171. The van der Waals surface area contributed by atoms with Gasteiger partial charge in [-0.15, -0.1) is 0 Å². The second kappa shape index (κ2) is 10.1. The molecule has 2 N–H and O–H groups in total.